The van der Waals surface area contributed by atoms with Gasteiger partial charge in [-0.1, -0.05) is 48.0 Å². The van der Waals surface area contributed by atoms with E-state index in [4.69, 9.17) is 16.0 Å². The molecule has 1 aliphatic rings. The van der Waals surface area contributed by atoms with E-state index < -0.39 is 0 Å². The van der Waals surface area contributed by atoms with Gasteiger partial charge in [0.1, 0.15) is 5.76 Å². The van der Waals surface area contributed by atoms with Gasteiger partial charge in [0.15, 0.2) is 0 Å². The number of carbonyl (C=O) groups excluding carboxylic acids is 1. The van der Waals surface area contributed by atoms with Gasteiger partial charge >= 0.3 is 0 Å². The summed E-state index contributed by atoms with van der Waals surface area (Å²) in [7, 11) is 0. The van der Waals surface area contributed by atoms with Crippen molar-refractivity contribution in [3.8, 4) is 11.5 Å². The number of amides is 1. The molecule has 5 nitrogen and oxygen atoms in total. The number of hydrogen-bond donors (Lipinski definition) is 1. The Balaban J connectivity index is 1.29. The minimum absolute atomic E-state index is 0.0744. The molecule has 2 heterocycles. The molecule has 3 aromatic rings. The molecule has 0 unspecified atom stereocenters. The number of rotatable bonds is 6. The molecular formula is C24H26ClN3O2. The second-order valence-corrected chi connectivity index (χ2v) is 8.22. The molecule has 0 aliphatic carbocycles. The van der Waals surface area contributed by atoms with E-state index in [-0.39, 0.29) is 11.8 Å². The summed E-state index contributed by atoms with van der Waals surface area (Å²) in [6, 6.07) is 17.5. The van der Waals surface area contributed by atoms with Crippen LogP contribution in [0.3, 0.4) is 0 Å². The average molecular weight is 424 g/mol. The van der Waals surface area contributed by atoms with E-state index in [2.05, 4.69) is 15.2 Å². The molecule has 4 rings (SSSR count). The predicted octanol–water partition coefficient (Wildman–Crippen LogP) is 4.83. The summed E-state index contributed by atoms with van der Waals surface area (Å²) in [5.74, 6) is 1.65. The first kappa shape index (κ1) is 20.6. The molecule has 2 aromatic carbocycles. The number of aryl methyl sites for hydroxylation is 1. The van der Waals surface area contributed by atoms with Crippen molar-refractivity contribution in [3.63, 3.8) is 0 Å². The lowest BCUT2D eigenvalue weighted by Gasteiger charge is -2.30. The van der Waals surface area contributed by atoms with Crippen molar-refractivity contribution in [1.29, 1.82) is 0 Å². The van der Waals surface area contributed by atoms with Crippen molar-refractivity contribution in [2.24, 2.45) is 5.92 Å². The number of nitrogens with one attached hydrogen (secondary N) is 1. The summed E-state index contributed by atoms with van der Waals surface area (Å²) >= 11 is 6.08. The van der Waals surface area contributed by atoms with Gasteiger partial charge in [0, 0.05) is 29.6 Å². The topological polar surface area (TPSA) is 58.4 Å². The van der Waals surface area contributed by atoms with Crippen LogP contribution in [0.2, 0.25) is 5.02 Å². The van der Waals surface area contributed by atoms with Crippen molar-refractivity contribution >= 4 is 17.5 Å². The Morgan fingerprint density at radius 2 is 1.93 bits per heavy atom. The van der Waals surface area contributed by atoms with E-state index in [1.807, 2.05) is 61.5 Å². The first-order valence-corrected chi connectivity index (χ1v) is 10.7. The standard InChI is InChI=1S/C24H26ClN3O2/c1-17-22(27-24(30-17)20-8-5-9-21(25)14-20)16-28-12-10-19(11-13-28)23(29)26-15-18-6-3-2-4-7-18/h2-9,14,19H,10-13,15-16H2,1H3,(H,26,29). The zero-order chi connectivity index (χ0) is 20.9. The van der Waals surface area contributed by atoms with Gasteiger partial charge in [0.2, 0.25) is 11.8 Å². The van der Waals surface area contributed by atoms with Gasteiger partial charge in [-0.15, -0.1) is 0 Å². The molecule has 156 valence electrons. The fourth-order valence-corrected chi connectivity index (χ4v) is 4.00. The highest BCUT2D eigenvalue weighted by Crippen LogP contribution is 2.26. The number of benzene rings is 2. The Bertz CT molecular complexity index is 995. The van der Waals surface area contributed by atoms with Gasteiger partial charge in [0.05, 0.1) is 5.69 Å². The summed E-state index contributed by atoms with van der Waals surface area (Å²) in [6.45, 7) is 5.02. The van der Waals surface area contributed by atoms with Gasteiger partial charge in [-0.25, -0.2) is 4.98 Å². The number of aromatic nitrogens is 1. The third-order valence-electron chi connectivity index (χ3n) is 5.61. The molecule has 1 aliphatic heterocycles. The Kier molecular flexibility index (Phi) is 6.50. The Hall–Kier alpha value is -2.63. The van der Waals surface area contributed by atoms with Crippen LogP contribution in [-0.2, 0) is 17.9 Å². The fourth-order valence-electron chi connectivity index (χ4n) is 3.81. The zero-order valence-electron chi connectivity index (χ0n) is 17.1. The summed E-state index contributed by atoms with van der Waals surface area (Å²) in [6.07, 6.45) is 1.72. The minimum atomic E-state index is 0.0744. The van der Waals surface area contributed by atoms with Gasteiger partial charge in [0.25, 0.3) is 0 Å². The summed E-state index contributed by atoms with van der Waals surface area (Å²) in [5, 5.41) is 3.74. The molecule has 0 spiro atoms. The van der Waals surface area contributed by atoms with Gasteiger partial charge in [-0.2, -0.15) is 0 Å². The number of hydrogen-bond acceptors (Lipinski definition) is 4. The van der Waals surface area contributed by atoms with Crippen molar-refractivity contribution in [2.45, 2.75) is 32.9 Å². The second-order valence-electron chi connectivity index (χ2n) is 7.79. The molecule has 0 radical (unpaired) electrons. The van der Waals surface area contributed by atoms with Crippen molar-refractivity contribution in [2.75, 3.05) is 13.1 Å². The maximum atomic E-state index is 12.5. The zero-order valence-corrected chi connectivity index (χ0v) is 17.9. The van der Waals surface area contributed by atoms with Crippen molar-refractivity contribution < 1.29 is 9.21 Å². The molecule has 30 heavy (non-hydrogen) atoms. The van der Waals surface area contributed by atoms with E-state index in [9.17, 15) is 4.79 Å². The lowest BCUT2D eigenvalue weighted by molar-refractivity contribution is -0.126. The maximum absolute atomic E-state index is 12.5. The molecule has 0 bridgehead atoms. The van der Waals surface area contributed by atoms with Crippen LogP contribution in [0.25, 0.3) is 11.5 Å². The Morgan fingerprint density at radius 1 is 1.17 bits per heavy atom. The second kappa shape index (κ2) is 9.45. The maximum Gasteiger partial charge on any atom is 0.226 e. The monoisotopic (exact) mass is 423 g/mol. The lowest BCUT2D eigenvalue weighted by atomic mass is 9.95. The van der Waals surface area contributed by atoms with Crippen LogP contribution in [0.5, 0.6) is 0 Å². The number of oxazole rings is 1. The van der Waals surface area contributed by atoms with Gasteiger partial charge in [-0.05, 0) is 56.6 Å². The number of halogens is 1. The van der Waals surface area contributed by atoms with Gasteiger partial charge in [-0.3, -0.25) is 9.69 Å². The third-order valence-corrected chi connectivity index (χ3v) is 5.84. The van der Waals surface area contributed by atoms with E-state index >= 15 is 0 Å². The van der Waals surface area contributed by atoms with Crippen molar-refractivity contribution in [3.05, 3.63) is 76.6 Å². The van der Waals surface area contributed by atoms with E-state index in [1.54, 1.807) is 0 Å². The van der Waals surface area contributed by atoms with Crippen LogP contribution < -0.4 is 5.32 Å². The minimum Gasteiger partial charge on any atom is -0.441 e. The average Bonchev–Trinajstić information content (AvgIpc) is 3.13. The molecule has 6 heteroatoms. The van der Waals surface area contributed by atoms with Crippen molar-refractivity contribution in [1.82, 2.24) is 15.2 Å². The SMILES string of the molecule is Cc1oc(-c2cccc(Cl)c2)nc1CN1CCC(C(=O)NCc2ccccc2)CC1. The molecular weight excluding hydrogens is 398 g/mol. The predicted molar refractivity (Wildman–Crippen MR) is 118 cm³/mol. The quantitative estimate of drug-likeness (QED) is 0.616. The highest BCUT2D eigenvalue weighted by molar-refractivity contribution is 6.30. The van der Waals surface area contributed by atoms with E-state index in [0.29, 0.717) is 17.5 Å². The van der Waals surface area contributed by atoms with Gasteiger partial charge < -0.3 is 9.73 Å². The fraction of sp³-hybridized carbons (Fsp3) is 0.333. The first-order valence-electron chi connectivity index (χ1n) is 10.3. The number of likely N-dealkylation sites (tertiary alicyclic amines) is 1. The first-order chi connectivity index (χ1) is 14.6. The largest absolute Gasteiger partial charge is 0.441 e. The van der Waals surface area contributed by atoms with Crippen LogP contribution in [0.4, 0.5) is 0 Å². The smallest absolute Gasteiger partial charge is 0.226 e. The molecule has 0 saturated carbocycles. The Labute approximate surface area is 182 Å². The van der Waals surface area contributed by atoms with Crippen LogP contribution in [0, 0.1) is 12.8 Å². The lowest BCUT2D eigenvalue weighted by Crippen LogP contribution is -2.40. The summed E-state index contributed by atoms with van der Waals surface area (Å²) in [4.78, 5) is 19.5. The highest BCUT2D eigenvalue weighted by atomic mass is 35.5. The van der Waals surface area contributed by atoms with E-state index in [0.717, 1.165) is 55.1 Å². The van der Waals surface area contributed by atoms with E-state index in [1.165, 1.54) is 0 Å². The number of piperidine rings is 1. The summed E-state index contributed by atoms with van der Waals surface area (Å²) in [5.41, 5.74) is 2.95. The molecule has 1 saturated heterocycles. The normalized spacial score (nSPS) is 15.3. The molecule has 1 N–H and O–H groups in total. The van der Waals surface area contributed by atoms with Crippen LogP contribution in [0.15, 0.2) is 59.0 Å². The number of carbonyl (C=O) groups is 1. The highest BCUT2D eigenvalue weighted by Gasteiger charge is 2.26. The molecule has 1 fully saturated rings. The number of nitrogens with zero attached hydrogens (tertiary/aromatic N) is 2. The molecule has 0 atom stereocenters. The van der Waals surface area contributed by atoms with Crippen LogP contribution in [-0.4, -0.2) is 28.9 Å². The van der Waals surface area contributed by atoms with Crippen LogP contribution in [0.1, 0.15) is 29.9 Å². The molecule has 1 amide bonds. The summed E-state index contributed by atoms with van der Waals surface area (Å²) < 4.78 is 5.87. The van der Waals surface area contributed by atoms with Crippen LogP contribution >= 0.6 is 11.6 Å². The molecule has 1 aromatic heterocycles. The Morgan fingerprint density at radius 3 is 2.67 bits per heavy atom. The third kappa shape index (κ3) is 5.10.